The van der Waals surface area contributed by atoms with Crippen molar-refractivity contribution in [3.8, 4) is 11.5 Å². The molecule has 0 radical (unpaired) electrons. The Morgan fingerprint density at radius 1 is 1.30 bits per heavy atom. The molecule has 1 aliphatic rings. The molecule has 27 heavy (non-hydrogen) atoms. The molecule has 3 aromatic rings. The molecule has 1 atom stereocenters. The molecule has 1 aliphatic heterocycles. The van der Waals surface area contributed by atoms with Crippen LogP contribution in [0.5, 0.6) is 11.5 Å². The molecule has 1 aromatic heterocycles. The molecule has 2 aromatic carbocycles. The summed E-state index contributed by atoms with van der Waals surface area (Å²) in [5.74, 6) is 0.435. The number of nitrogens with one attached hydrogen (secondary N) is 1. The van der Waals surface area contributed by atoms with Gasteiger partial charge in [0.2, 0.25) is 0 Å². The third-order valence-corrected chi connectivity index (χ3v) is 4.82. The first-order valence-corrected chi connectivity index (χ1v) is 8.97. The third-order valence-electron chi connectivity index (χ3n) is 4.82. The Balaban J connectivity index is 1.52. The van der Waals surface area contributed by atoms with E-state index in [0.717, 1.165) is 19.3 Å². The number of hydrogen-bond acceptors (Lipinski definition) is 4. The number of carbonyl (C=O) groups excluding carboxylic acids is 1. The zero-order valence-corrected chi connectivity index (χ0v) is 14.7. The number of ether oxygens (including phenoxy) is 1. The van der Waals surface area contributed by atoms with Crippen LogP contribution in [-0.4, -0.2) is 39.0 Å². The maximum absolute atomic E-state index is 13.4. The van der Waals surface area contributed by atoms with Crippen LogP contribution in [-0.2, 0) is 4.79 Å². The van der Waals surface area contributed by atoms with Crippen LogP contribution >= 0.6 is 0 Å². The van der Waals surface area contributed by atoms with Crippen molar-refractivity contribution in [3.05, 3.63) is 54.1 Å². The molecule has 6 nitrogen and oxygen atoms in total. The van der Waals surface area contributed by atoms with E-state index in [1.165, 1.54) is 18.2 Å². The van der Waals surface area contributed by atoms with Gasteiger partial charge in [-0.05, 0) is 49.6 Å². The van der Waals surface area contributed by atoms with E-state index in [0.29, 0.717) is 23.4 Å². The summed E-state index contributed by atoms with van der Waals surface area (Å²) in [7, 11) is 0. The Labute approximate surface area is 155 Å². The molecular formula is C20H20FN3O3. The smallest absolute Gasteiger partial charge is 0.261 e. The SMILES string of the molecule is O=C(COc1ccccc1O)N1CCCCC1c1nc2ccc(F)cc2[nH]1. The number of hydrogen-bond donors (Lipinski definition) is 2. The summed E-state index contributed by atoms with van der Waals surface area (Å²) in [5, 5.41) is 9.77. The van der Waals surface area contributed by atoms with Crippen molar-refractivity contribution in [2.75, 3.05) is 13.2 Å². The van der Waals surface area contributed by atoms with E-state index < -0.39 is 0 Å². The van der Waals surface area contributed by atoms with Crippen LogP contribution in [0.1, 0.15) is 31.1 Å². The van der Waals surface area contributed by atoms with Gasteiger partial charge >= 0.3 is 0 Å². The maximum atomic E-state index is 13.4. The summed E-state index contributed by atoms with van der Waals surface area (Å²) in [6, 6.07) is 10.8. The number of aromatic nitrogens is 2. The van der Waals surface area contributed by atoms with Crippen molar-refractivity contribution >= 4 is 16.9 Å². The fraction of sp³-hybridized carbons (Fsp3) is 0.300. The summed E-state index contributed by atoms with van der Waals surface area (Å²) in [4.78, 5) is 22.2. The Bertz CT molecular complexity index is 972. The number of fused-ring (bicyclic) bond motifs is 1. The number of H-pyrrole nitrogens is 1. The highest BCUT2D eigenvalue weighted by Crippen LogP contribution is 2.31. The van der Waals surface area contributed by atoms with Gasteiger partial charge in [0.1, 0.15) is 11.6 Å². The lowest BCUT2D eigenvalue weighted by atomic mass is 10.0. The largest absolute Gasteiger partial charge is 0.504 e. The minimum Gasteiger partial charge on any atom is -0.504 e. The summed E-state index contributed by atoms with van der Waals surface area (Å²) in [6.07, 6.45) is 2.68. The number of aromatic amines is 1. The van der Waals surface area contributed by atoms with Gasteiger partial charge in [0.05, 0.1) is 17.1 Å². The number of para-hydroxylation sites is 2. The molecule has 7 heteroatoms. The normalized spacial score (nSPS) is 17.2. The first kappa shape index (κ1) is 17.3. The van der Waals surface area contributed by atoms with Crippen molar-refractivity contribution < 1.29 is 19.0 Å². The molecule has 0 spiro atoms. The number of rotatable bonds is 4. The quantitative estimate of drug-likeness (QED) is 0.737. The number of imidazole rings is 1. The van der Waals surface area contributed by atoms with Crippen molar-refractivity contribution in [1.82, 2.24) is 14.9 Å². The fourth-order valence-electron chi connectivity index (χ4n) is 3.48. The molecule has 4 rings (SSSR count). The Kier molecular flexibility index (Phi) is 4.66. The molecule has 2 heterocycles. The van der Waals surface area contributed by atoms with Gasteiger partial charge < -0.3 is 19.7 Å². The molecule has 1 saturated heterocycles. The number of phenols is 1. The Hall–Kier alpha value is -3.09. The summed E-state index contributed by atoms with van der Waals surface area (Å²) in [5.41, 5.74) is 1.29. The molecular weight excluding hydrogens is 349 g/mol. The fourth-order valence-corrected chi connectivity index (χ4v) is 3.48. The van der Waals surface area contributed by atoms with Crippen molar-refractivity contribution in [1.29, 1.82) is 0 Å². The zero-order chi connectivity index (χ0) is 18.8. The number of nitrogens with zero attached hydrogens (tertiary/aromatic N) is 2. The minimum atomic E-state index is -0.328. The molecule has 1 amide bonds. The Morgan fingerprint density at radius 2 is 2.15 bits per heavy atom. The van der Waals surface area contributed by atoms with Gasteiger partial charge in [-0.25, -0.2) is 9.37 Å². The highest BCUT2D eigenvalue weighted by molar-refractivity contribution is 5.79. The zero-order valence-electron chi connectivity index (χ0n) is 14.7. The molecule has 1 unspecified atom stereocenters. The van der Waals surface area contributed by atoms with E-state index in [1.54, 1.807) is 29.2 Å². The lowest BCUT2D eigenvalue weighted by Crippen LogP contribution is -2.41. The Morgan fingerprint density at radius 3 is 3.00 bits per heavy atom. The van der Waals surface area contributed by atoms with Gasteiger partial charge in [0.15, 0.2) is 18.1 Å². The predicted octanol–water partition coefficient (Wildman–Crippen LogP) is 3.54. The number of piperidine rings is 1. The maximum Gasteiger partial charge on any atom is 0.261 e. The van der Waals surface area contributed by atoms with Crippen LogP contribution in [0, 0.1) is 5.82 Å². The van der Waals surface area contributed by atoms with Crippen LogP contribution in [0.25, 0.3) is 11.0 Å². The summed E-state index contributed by atoms with van der Waals surface area (Å²) in [6.45, 7) is 0.446. The second kappa shape index (κ2) is 7.26. The second-order valence-corrected chi connectivity index (χ2v) is 6.64. The first-order valence-electron chi connectivity index (χ1n) is 8.97. The van der Waals surface area contributed by atoms with Crippen molar-refractivity contribution in [2.45, 2.75) is 25.3 Å². The number of amides is 1. The lowest BCUT2D eigenvalue weighted by Gasteiger charge is -2.34. The number of halogens is 1. The van der Waals surface area contributed by atoms with Crippen LogP contribution in [0.3, 0.4) is 0 Å². The van der Waals surface area contributed by atoms with E-state index in [-0.39, 0.29) is 35.9 Å². The summed E-state index contributed by atoms with van der Waals surface area (Å²) < 4.78 is 18.9. The van der Waals surface area contributed by atoms with Crippen LogP contribution in [0.2, 0.25) is 0 Å². The van der Waals surface area contributed by atoms with Crippen molar-refractivity contribution in [3.63, 3.8) is 0 Å². The van der Waals surface area contributed by atoms with E-state index in [9.17, 15) is 14.3 Å². The topological polar surface area (TPSA) is 78.5 Å². The van der Waals surface area contributed by atoms with Gasteiger partial charge in [-0.1, -0.05) is 12.1 Å². The summed E-state index contributed by atoms with van der Waals surface area (Å²) >= 11 is 0. The minimum absolute atomic E-state index is 0.000181. The van der Waals surface area contributed by atoms with Crippen LogP contribution in [0.15, 0.2) is 42.5 Å². The molecule has 0 saturated carbocycles. The monoisotopic (exact) mass is 369 g/mol. The van der Waals surface area contributed by atoms with Gasteiger partial charge in [-0.2, -0.15) is 0 Å². The average Bonchev–Trinajstić information content (AvgIpc) is 3.10. The van der Waals surface area contributed by atoms with Gasteiger partial charge in [0, 0.05) is 6.54 Å². The van der Waals surface area contributed by atoms with E-state index in [2.05, 4.69) is 9.97 Å². The highest BCUT2D eigenvalue weighted by Gasteiger charge is 2.30. The van der Waals surface area contributed by atoms with Crippen LogP contribution < -0.4 is 4.74 Å². The standard InChI is InChI=1S/C20H20FN3O3/c21-13-8-9-14-15(11-13)23-20(22-14)16-5-3-4-10-24(16)19(26)12-27-18-7-2-1-6-17(18)25/h1-2,6-9,11,16,25H,3-5,10,12H2,(H,22,23). The third kappa shape index (κ3) is 3.58. The van der Waals surface area contributed by atoms with E-state index in [4.69, 9.17) is 4.74 Å². The van der Waals surface area contributed by atoms with Gasteiger partial charge in [0.25, 0.3) is 5.91 Å². The number of carbonyl (C=O) groups is 1. The number of benzene rings is 2. The van der Waals surface area contributed by atoms with Crippen molar-refractivity contribution in [2.24, 2.45) is 0 Å². The highest BCUT2D eigenvalue weighted by atomic mass is 19.1. The van der Waals surface area contributed by atoms with Gasteiger partial charge in [-0.15, -0.1) is 0 Å². The number of aromatic hydroxyl groups is 1. The molecule has 2 N–H and O–H groups in total. The lowest BCUT2D eigenvalue weighted by molar-refractivity contribution is -0.137. The molecule has 140 valence electrons. The van der Waals surface area contributed by atoms with E-state index >= 15 is 0 Å². The second-order valence-electron chi connectivity index (χ2n) is 6.64. The number of phenolic OH excluding ortho intramolecular Hbond substituents is 1. The first-order chi connectivity index (χ1) is 13.1. The van der Waals surface area contributed by atoms with Gasteiger partial charge in [-0.3, -0.25) is 4.79 Å². The molecule has 0 bridgehead atoms. The number of likely N-dealkylation sites (tertiary alicyclic amines) is 1. The van der Waals surface area contributed by atoms with Crippen LogP contribution in [0.4, 0.5) is 4.39 Å². The predicted molar refractivity (Wildman–Crippen MR) is 98.0 cm³/mol. The average molecular weight is 369 g/mol. The van der Waals surface area contributed by atoms with E-state index in [1.807, 2.05) is 0 Å². The molecule has 0 aliphatic carbocycles. The molecule has 1 fully saturated rings.